The maximum atomic E-state index is 12.8. The Morgan fingerprint density at radius 2 is 2.08 bits per heavy atom. The van der Waals surface area contributed by atoms with E-state index >= 15 is 0 Å². The zero-order valence-electron chi connectivity index (χ0n) is 13.1. The maximum absolute atomic E-state index is 12.8. The normalized spacial score (nSPS) is 17.5. The fourth-order valence-corrected chi connectivity index (χ4v) is 3.58. The van der Waals surface area contributed by atoms with E-state index in [9.17, 15) is 4.79 Å². The molecule has 0 spiro atoms. The Labute approximate surface area is 144 Å². The largest absolute Gasteiger partial charge is 0.334 e. The van der Waals surface area contributed by atoms with Gasteiger partial charge in [-0.1, -0.05) is 41.1 Å². The zero-order valence-corrected chi connectivity index (χ0v) is 13.9. The monoisotopic (exact) mass is 340 g/mol. The number of likely N-dealkylation sites (tertiary alicyclic amines) is 1. The Kier molecular flexibility index (Phi) is 3.94. The van der Waals surface area contributed by atoms with Crippen LogP contribution in [0.1, 0.15) is 24.4 Å². The van der Waals surface area contributed by atoms with Crippen LogP contribution >= 0.6 is 11.6 Å². The van der Waals surface area contributed by atoms with Crippen LogP contribution in [0, 0.1) is 0 Å². The van der Waals surface area contributed by atoms with Crippen molar-refractivity contribution in [3.63, 3.8) is 0 Å². The Bertz CT molecular complexity index is 891. The van der Waals surface area contributed by atoms with Crippen LogP contribution in [0.25, 0.3) is 11.0 Å². The topological polar surface area (TPSA) is 51.0 Å². The number of amides is 1. The number of hydrogen-bond donors (Lipinski definition) is 0. The van der Waals surface area contributed by atoms with Gasteiger partial charge < -0.3 is 4.90 Å². The third-order valence-corrected chi connectivity index (χ3v) is 4.75. The molecule has 0 N–H and O–H groups in total. The van der Waals surface area contributed by atoms with E-state index in [1.165, 1.54) is 0 Å². The van der Waals surface area contributed by atoms with E-state index in [4.69, 9.17) is 11.6 Å². The Balaban J connectivity index is 1.57. The van der Waals surface area contributed by atoms with Gasteiger partial charge in [0.05, 0.1) is 11.6 Å². The zero-order chi connectivity index (χ0) is 16.5. The minimum absolute atomic E-state index is 0.0631. The summed E-state index contributed by atoms with van der Waals surface area (Å²) in [7, 11) is 0. The van der Waals surface area contributed by atoms with Gasteiger partial charge in [0.15, 0.2) is 0 Å². The number of benzene rings is 2. The Hall–Kier alpha value is -2.40. The summed E-state index contributed by atoms with van der Waals surface area (Å²) in [5.74, 6) is 0.0631. The molecule has 0 saturated carbocycles. The van der Waals surface area contributed by atoms with Gasteiger partial charge in [-0.15, -0.1) is 5.10 Å². The molecule has 2 aromatic carbocycles. The molecule has 2 heterocycles. The number of carbonyl (C=O) groups is 1. The van der Waals surface area contributed by atoms with Gasteiger partial charge in [0.25, 0.3) is 0 Å². The molecule has 0 radical (unpaired) electrons. The van der Waals surface area contributed by atoms with Gasteiger partial charge >= 0.3 is 0 Å². The van der Waals surface area contributed by atoms with Crippen molar-refractivity contribution in [1.29, 1.82) is 0 Å². The summed E-state index contributed by atoms with van der Waals surface area (Å²) in [4.78, 5) is 14.8. The van der Waals surface area contributed by atoms with Crippen molar-refractivity contribution < 1.29 is 4.79 Å². The lowest BCUT2D eigenvalue weighted by molar-refractivity contribution is -0.132. The highest BCUT2D eigenvalue weighted by Crippen LogP contribution is 2.33. The van der Waals surface area contributed by atoms with E-state index in [1.54, 1.807) is 4.68 Å². The molecule has 1 atom stereocenters. The molecule has 122 valence electrons. The van der Waals surface area contributed by atoms with Crippen molar-refractivity contribution in [3.05, 3.63) is 59.1 Å². The number of hydrogen-bond acceptors (Lipinski definition) is 3. The van der Waals surface area contributed by atoms with Crippen molar-refractivity contribution >= 4 is 28.5 Å². The first-order valence-electron chi connectivity index (χ1n) is 8.05. The highest BCUT2D eigenvalue weighted by molar-refractivity contribution is 6.30. The molecule has 0 bridgehead atoms. The fraction of sp³-hybridized carbons (Fsp3) is 0.278. The average molecular weight is 341 g/mol. The molecule has 24 heavy (non-hydrogen) atoms. The molecule has 1 saturated heterocycles. The lowest BCUT2D eigenvalue weighted by atomic mass is 10.0. The fourth-order valence-electron chi connectivity index (χ4n) is 3.38. The molecule has 1 aliphatic heterocycles. The predicted octanol–water partition coefficient (Wildman–Crippen LogP) is 3.45. The number of para-hydroxylation sites is 1. The van der Waals surface area contributed by atoms with Crippen LogP contribution in [0.15, 0.2) is 48.5 Å². The highest BCUT2D eigenvalue weighted by atomic mass is 35.5. The third kappa shape index (κ3) is 2.76. The van der Waals surface area contributed by atoms with Crippen molar-refractivity contribution in [2.24, 2.45) is 0 Å². The number of nitrogens with zero attached hydrogens (tertiary/aromatic N) is 4. The number of fused-ring (bicyclic) bond motifs is 1. The molecule has 5 nitrogen and oxygen atoms in total. The van der Waals surface area contributed by atoms with Crippen LogP contribution in [-0.4, -0.2) is 32.3 Å². The first-order valence-corrected chi connectivity index (χ1v) is 8.43. The van der Waals surface area contributed by atoms with Crippen molar-refractivity contribution in [1.82, 2.24) is 19.9 Å². The lowest BCUT2D eigenvalue weighted by Crippen LogP contribution is -2.33. The molecule has 1 unspecified atom stereocenters. The summed E-state index contributed by atoms with van der Waals surface area (Å²) in [5, 5.41) is 8.93. The number of halogens is 1. The summed E-state index contributed by atoms with van der Waals surface area (Å²) in [6.45, 7) is 0.972. The molecule has 1 aromatic heterocycles. The summed E-state index contributed by atoms with van der Waals surface area (Å²) in [6, 6.07) is 15.5. The van der Waals surface area contributed by atoms with E-state index in [-0.39, 0.29) is 18.5 Å². The minimum Gasteiger partial charge on any atom is -0.334 e. The standard InChI is InChI=1S/C18H17ClN4O/c19-14-6-3-5-13(11-14)16-9-4-10-22(16)18(24)12-23-17-8-2-1-7-15(17)20-21-23/h1-3,5-8,11,16H,4,9-10,12H2. The number of aromatic nitrogens is 3. The van der Waals surface area contributed by atoms with E-state index in [0.717, 1.165) is 36.0 Å². The summed E-state index contributed by atoms with van der Waals surface area (Å²) < 4.78 is 1.67. The van der Waals surface area contributed by atoms with Gasteiger partial charge in [0.1, 0.15) is 12.1 Å². The van der Waals surface area contributed by atoms with Crippen LogP contribution in [0.2, 0.25) is 5.02 Å². The van der Waals surface area contributed by atoms with Gasteiger partial charge in [-0.2, -0.15) is 0 Å². The predicted molar refractivity (Wildman–Crippen MR) is 92.7 cm³/mol. The van der Waals surface area contributed by atoms with Crippen molar-refractivity contribution in [2.45, 2.75) is 25.4 Å². The van der Waals surface area contributed by atoms with Crippen LogP contribution in [0.5, 0.6) is 0 Å². The Morgan fingerprint density at radius 1 is 1.21 bits per heavy atom. The van der Waals surface area contributed by atoms with E-state index in [0.29, 0.717) is 5.02 Å². The molecule has 1 fully saturated rings. The van der Waals surface area contributed by atoms with E-state index in [2.05, 4.69) is 10.3 Å². The lowest BCUT2D eigenvalue weighted by Gasteiger charge is -2.25. The summed E-state index contributed by atoms with van der Waals surface area (Å²) >= 11 is 6.11. The second kappa shape index (κ2) is 6.24. The molecule has 1 aliphatic rings. The SMILES string of the molecule is O=C(Cn1nnc2ccccc21)N1CCCC1c1cccc(Cl)c1. The second-order valence-corrected chi connectivity index (χ2v) is 6.47. The number of carbonyl (C=O) groups excluding carboxylic acids is 1. The van der Waals surface area contributed by atoms with Crippen molar-refractivity contribution in [3.8, 4) is 0 Å². The van der Waals surface area contributed by atoms with E-state index in [1.807, 2.05) is 53.4 Å². The highest BCUT2D eigenvalue weighted by Gasteiger charge is 2.30. The molecule has 0 aliphatic carbocycles. The first-order chi connectivity index (χ1) is 11.7. The van der Waals surface area contributed by atoms with Crippen LogP contribution in [0.4, 0.5) is 0 Å². The van der Waals surface area contributed by atoms with Crippen LogP contribution in [-0.2, 0) is 11.3 Å². The number of rotatable bonds is 3. The quantitative estimate of drug-likeness (QED) is 0.733. The Morgan fingerprint density at radius 3 is 2.96 bits per heavy atom. The maximum Gasteiger partial charge on any atom is 0.244 e. The summed E-state index contributed by atoms with van der Waals surface area (Å²) in [6.07, 6.45) is 1.96. The minimum atomic E-state index is 0.0631. The van der Waals surface area contributed by atoms with Gasteiger partial charge in [-0.05, 0) is 42.7 Å². The molecular formula is C18H17ClN4O. The van der Waals surface area contributed by atoms with Gasteiger partial charge in [0, 0.05) is 11.6 Å². The van der Waals surface area contributed by atoms with E-state index < -0.39 is 0 Å². The van der Waals surface area contributed by atoms with Gasteiger partial charge in [-0.25, -0.2) is 4.68 Å². The molecular weight excluding hydrogens is 324 g/mol. The molecule has 6 heteroatoms. The van der Waals surface area contributed by atoms with Crippen LogP contribution in [0.3, 0.4) is 0 Å². The van der Waals surface area contributed by atoms with Gasteiger partial charge in [-0.3, -0.25) is 4.79 Å². The smallest absolute Gasteiger partial charge is 0.244 e. The van der Waals surface area contributed by atoms with Crippen LogP contribution < -0.4 is 0 Å². The van der Waals surface area contributed by atoms with Gasteiger partial charge in [0.2, 0.25) is 5.91 Å². The molecule has 3 aromatic rings. The summed E-state index contributed by atoms with van der Waals surface area (Å²) in [5.41, 5.74) is 2.78. The molecule has 1 amide bonds. The van der Waals surface area contributed by atoms with Crippen molar-refractivity contribution in [2.75, 3.05) is 6.54 Å². The first kappa shape index (κ1) is 15.1. The molecule has 4 rings (SSSR count). The second-order valence-electron chi connectivity index (χ2n) is 6.04. The average Bonchev–Trinajstić information content (AvgIpc) is 3.22. The third-order valence-electron chi connectivity index (χ3n) is 4.51.